The van der Waals surface area contributed by atoms with Crippen molar-refractivity contribution in [1.29, 1.82) is 0 Å². The molecule has 0 atom stereocenters. The normalized spacial score (nSPS) is 13.4. The van der Waals surface area contributed by atoms with Gasteiger partial charge in [0.1, 0.15) is 0 Å². The molecule has 0 radical (unpaired) electrons. The topological polar surface area (TPSA) is 3.24 Å². The number of nitrogens with zero attached hydrogens (tertiary/aromatic N) is 1. The van der Waals surface area contributed by atoms with Gasteiger partial charge in [-0.3, -0.25) is 0 Å². The van der Waals surface area contributed by atoms with E-state index in [0.29, 0.717) is 0 Å². The molecular weight excluding hydrogens is 446 g/mol. The van der Waals surface area contributed by atoms with Crippen molar-refractivity contribution >= 4 is 37.9 Å². The quantitative estimate of drug-likeness (QED) is 0.231. The van der Waals surface area contributed by atoms with Crippen molar-refractivity contribution in [3.63, 3.8) is 0 Å². The second-order valence-corrected chi connectivity index (χ2v) is 9.91. The highest BCUT2D eigenvalue weighted by atomic mass is 15.1. The van der Waals surface area contributed by atoms with Gasteiger partial charge in [0.05, 0.1) is 0 Å². The third-order valence-electron chi connectivity index (χ3n) is 7.53. The van der Waals surface area contributed by atoms with Gasteiger partial charge in [-0.25, -0.2) is 0 Å². The molecule has 1 nitrogen and oxygen atoms in total. The van der Waals surface area contributed by atoms with Crippen LogP contribution in [0.4, 0.5) is 0 Å². The molecule has 0 amide bonds. The minimum atomic E-state index is 0.961. The molecule has 1 aliphatic heterocycles. The lowest BCUT2D eigenvalue weighted by Gasteiger charge is -2.19. The first-order chi connectivity index (χ1) is 18.3. The average molecular weight is 474 g/mol. The van der Waals surface area contributed by atoms with Crippen LogP contribution in [0, 0.1) is 0 Å². The monoisotopic (exact) mass is 473 g/mol. The van der Waals surface area contributed by atoms with E-state index in [9.17, 15) is 0 Å². The molecule has 1 heteroatoms. The van der Waals surface area contributed by atoms with E-state index in [-0.39, 0.29) is 0 Å². The predicted octanol–water partition coefficient (Wildman–Crippen LogP) is 9.32. The first-order valence-electron chi connectivity index (χ1n) is 12.9. The second kappa shape index (κ2) is 8.80. The summed E-state index contributed by atoms with van der Waals surface area (Å²) in [6.45, 7) is 0.961. The van der Waals surface area contributed by atoms with Gasteiger partial charge in [0.15, 0.2) is 0 Å². The maximum atomic E-state index is 2.33. The van der Waals surface area contributed by atoms with Gasteiger partial charge in [0.25, 0.3) is 0 Å². The summed E-state index contributed by atoms with van der Waals surface area (Å²) >= 11 is 0. The molecule has 0 bridgehead atoms. The van der Waals surface area contributed by atoms with Crippen molar-refractivity contribution in [2.24, 2.45) is 0 Å². The number of benzene rings is 6. The summed E-state index contributed by atoms with van der Waals surface area (Å²) in [6.07, 6.45) is 6.66. The number of rotatable bonds is 3. The van der Waals surface area contributed by atoms with Crippen LogP contribution in [-0.4, -0.2) is 18.5 Å². The predicted molar refractivity (Wildman–Crippen MR) is 160 cm³/mol. The molecule has 0 unspecified atom stereocenters. The summed E-state index contributed by atoms with van der Waals surface area (Å²) in [5, 5.41) is 7.68. The highest BCUT2D eigenvalue weighted by Crippen LogP contribution is 2.44. The molecule has 0 saturated heterocycles. The van der Waals surface area contributed by atoms with Crippen LogP contribution >= 0.6 is 0 Å². The van der Waals surface area contributed by atoms with E-state index in [4.69, 9.17) is 0 Å². The van der Waals surface area contributed by atoms with Crippen molar-refractivity contribution in [2.75, 3.05) is 13.6 Å². The number of allylic oxidation sites excluding steroid dienone is 2. The number of hydrogen-bond acceptors (Lipinski definition) is 1. The molecule has 0 fully saturated rings. The maximum absolute atomic E-state index is 2.33. The van der Waals surface area contributed by atoms with E-state index < -0.39 is 0 Å². The summed E-state index contributed by atoms with van der Waals surface area (Å²) in [5.41, 5.74) is 7.60. The van der Waals surface area contributed by atoms with Crippen LogP contribution in [0.3, 0.4) is 0 Å². The lowest BCUT2D eigenvalue weighted by atomic mass is 9.85. The van der Waals surface area contributed by atoms with Crippen molar-refractivity contribution in [3.8, 4) is 22.3 Å². The zero-order valence-corrected chi connectivity index (χ0v) is 20.9. The zero-order valence-electron chi connectivity index (χ0n) is 20.9. The highest BCUT2D eigenvalue weighted by Gasteiger charge is 2.17. The molecule has 37 heavy (non-hydrogen) atoms. The third-order valence-corrected chi connectivity index (χ3v) is 7.53. The maximum Gasteiger partial charge on any atom is 0.0354 e. The first kappa shape index (κ1) is 21.6. The first-order valence-corrected chi connectivity index (χ1v) is 12.9. The van der Waals surface area contributed by atoms with Crippen LogP contribution < -0.4 is 0 Å². The lowest BCUT2D eigenvalue weighted by molar-refractivity contribution is 0.507. The van der Waals surface area contributed by atoms with Crippen LogP contribution in [0.15, 0.2) is 134 Å². The smallest absolute Gasteiger partial charge is 0.0354 e. The molecule has 6 aromatic carbocycles. The Morgan fingerprint density at radius 3 is 1.65 bits per heavy atom. The molecular formula is C36H27N. The van der Waals surface area contributed by atoms with Gasteiger partial charge >= 0.3 is 0 Å². The fourth-order valence-electron chi connectivity index (χ4n) is 5.77. The molecule has 0 spiro atoms. The van der Waals surface area contributed by atoms with Crippen LogP contribution in [0.1, 0.15) is 5.56 Å². The van der Waals surface area contributed by atoms with Crippen molar-refractivity contribution in [2.45, 2.75) is 0 Å². The second-order valence-electron chi connectivity index (χ2n) is 9.91. The summed E-state index contributed by atoms with van der Waals surface area (Å²) in [6, 6.07) is 42.3. The fourth-order valence-corrected chi connectivity index (χ4v) is 5.77. The Balaban J connectivity index is 1.47. The molecule has 0 saturated carbocycles. The standard InChI is InChI=1S/C36H27N/c1-37-22-8-11-30(24-37)26-16-19-27(20-17-26)35-31-12-4-6-14-33(31)36(34-15-7-5-13-32(34)35)29-21-18-25-9-2-3-10-28(25)23-29/h2-21,23-24H,22H2,1H3. The van der Waals surface area contributed by atoms with Crippen molar-refractivity contribution in [3.05, 3.63) is 139 Å². The Kier molecular flexibility index (Phi) is 5.15. The van der Waals surface area contributed by atoms with Gasteiger partial charge in [0, 0.05) is 19.8 Å². The number of hydrogen-bond donors (Lipinski definition) is 0. The SMILES string of the molecule is CN1C=C(c2ccc(-c3c4ccccc4c(-c4ccc5ccccc5c4)c4ccccc34)cc2)C=CC1. The zero-order chi connectivity index (χ0) is 24.8. The van der Waals surface area contributed by atoms with Crippen LogP contribution in [0.2, 0.25) is 0 Å². The molecule has 0 N–H and O–H groups in total. The Bertz CT molecular complexity index is 1800. The molecule has 1 heterocycles. The molecule has 6 aromatic rings. The molecule has 0 aromatic heterocycles. The van der Waals surface area contributed by atoms with E-state index >= 15 is 0 Å². The Hall–Kier alpha value is -4.62. The Morgan fingerprint density at radius 1 is 0.514 bits per heavy atom. The van der Waals surface area contributed by atoms with E-state index in [0.717, 1.165) is 6.54 Å². The Labute approximate surface area is 217 Å². The van der Waals surface area contributed by atoms with Crippen molar-refractivity contribution < 1.29 is 0 Å². The largest absolute Gasteiger partial charge is 0.376 e. The van der Waals surface area contributed by atoms with Gasteiger partial charge in [0.2, 0.25) is 0 Å². The van der Waals surface area contributed by atoms with Gasteiger partial charge in [-0.15, -0.1) is 0 Å². The molecule has 7 rings (SSSR count). The summed E-state index contributed by atoms with van der Waals surface area (Å²) in [5.74, 6) is 0. The van der Waals surface area contributed by atoms with Crippen LogP contribution in [0.5, 0.6) is 0 Å². The summed E-state index contributed by atoms with van der Waals surface area (Å²) in [4.78, 5) is 2.22. The van der Waals surface area contributed by atoms with Gasteiger partial charge in [-0.1, -0.05) is 121 Å². The lowest BCUT2D eigenvalue weighted by Crippen LogP contribution is -2.13. The van der Waals surface area contributed by atoms with Gasteiger partial charge in [-0.05, 0) is 71.8 Å². The molecule has 0 aliphatic carbocycles. The minimum Gasteiger partial charge on any atom is -0.376 e. The Morgan fingerprint density at radius 2 is 1.03 bits per heavy atom. The van der Waals surface area contributed by atoms with Crippen molar-refractivity contribution in [1.82, 2.24) is 4.90 Å². The van der Waals surface area contributed by atoms with E-state index in [2.05, 4.69) is 146 Å². The van der Waals surface area contributed by atoms with Crippen LogP contribution in [-0.2, 0) is 0 Å². The molecule has 1 aliphatic rings. The van der Waals surface area contributed by atoms with E-state index in [1.54, 1.807) is 0 Å². The summed E-state index contributed by atoms with van der Waals surface area (Å²) < 4.78 is 0. The fraction of sp³-hybridized carbons (Fsp3) is 0.0556. The van der Waals surface area contributed by atoms with Crippen LogP contribution in [0.25, 0.3) is 60.1 Å². The molecule has 176 valence electrons. The minimum absolute atomic E-state index is 0.961. The number of likely N-dealkylation sites (N-methyl/N-ethyl adjacent to an activating group) is 1. The number of fused-ring (bicyclic) bond motifs is 3. The highest BCUT2D eigenvalue weighted by molar-refractivity contribution is 6.21. The average Bonchev–Trinajstić information content (AvgIpc) is 2.96. The van der Waals surface area contributed by atoms with Gasteiger partial charge in [-0.2, -0.15) is 0 Å². The third kappa shape index (κ3) is 3.72. The van der Waals surface area contributed by atoms with E-state index in [1.807, 2.05) is 0 Å². The van der Waals surface area contributed by atoms with E-state index in [1.165, 1.54) is 65.7 Å². The summed E-state index contributed by atoms with van der Waals surface area (Å²) in [7, 11) is 2.12. The van der Waals surface area contributed by atoms with Gasteiger partial charge < -0.3 is 4.90 Å².